The first kappa shape index (κ1) is 57.6. The lowest BCUT2D eigenvalue weighted by Gasteiger charge is -2.32. The molecule has 3 aliphatic rings. The smallest absolute Gasteiger partial charge is 0.328 e. The Balaban J connectivity index is 0.000000188. The number of para-hydroxylation sites is 2. The number of nitrogens with one attached hydrogen (secondary N) is 5. The number of fused-ring (bicyclic) bond motifs is 2. The third-order valence-corrected chi connectivity index (χ3v) is 15.3. The number of urea groups is 2. The Morgan fingerprint density at radius 1 is 0.583 bits per heavy atom. The monoisotopic (exact) mass is 1160 g/mol. The minimum Gasteiger partial charge on any atom is -0.351 e. The van der Waals surface area contributed by atoms with Crippen molar-refractivity contribution in [1.82, 2.24) is 46.1 Å². The molecule has 23 heteroatoms. The van der Waals surface area contributed by atoms with Gasteiger partial charge in [-0.2, -0.15) is 9.97 Å². The highest BCUT2D eigenvalue weighted by Gasteiger charge is 2.37. The normalized spacial score (nSPS) is 14.3. The second kappa shape index (κ2) is 24.5. The van der Waals surface area contributed by atoms with Crippen LogP contribution in [0.1, 0.15) is 66.9 Å². The summed E-state index contributed by atoms with van der Waals surface area (Å²) < 4.78 is 84.9. The van der Waals surface area contributed by atoms with E-state index in [0.717, 1.165) is 84.1 Å². The molecule has 2 aromatic heterocycles. The average molecular weight is 1160 g/mol. The molecule has 3 aliphatic heterocycles. The van der Waals surface area contributed by atoms with Crippen molar-refractivity contribution in [3.05, 3.63) is 201 Å². The molecule has 0 radical (unpaired) electrons. The van der Waals surface area contributed by atoms with Crippen LogP contribution in [-0.4, -0.2) is 89.6 Å². The lowest BCUT2D eigenvalue weighted by molar-refractivity contribution is 0.0943. The number of amides is 6. The summed E-state index contributed by atoms with van der Waals surface area (Å²) in [5, 5.41) is 13.8. The maximum atomic E-state index is 15.1. The van der Waals surface area contributed by atoms with Crippen LogP contribution in [0.3, 0.4) is 0 Å². The van der Waals surface area contributed by atoms with E-state index in [-0.39, 0.29) is 65.4 Å². The van der Waals surface area contributed by atoms with Gasteiger partial charge in [-0.1, -0.05) is 84.9 Å². The molecule has 0 aliphatic carbocycles. The van der Waals surface area contributed by atoms with Crippen molar-refractivity contribution in [3.8, 4) is 22.5 Å². The Morgan fingerprint density at radius 2 is 1.01 bits per heavy atom. The third-order valence-electron chi connectivity index (χ3n) is 14.4. The zero-order valence-electron chi connectivity index (χ0n) is 45.9. The van der Waals surface area contributed by atoms with E-state index in [9.17, 15) is 36.4 Å². The van der Waals surface area contributed by atoms with Gasteiger partial charge in [0.05, 0.1) is 24.5 Å². The van der Waals surface area contributed by atoms with Crippen LogP contribution in [0, 0.1) is 37.1 Å². The van der Waals surface area contributed by atoms with Gasteiger partial charge in [-0.15, -0.1) is 0 Å². The second-order valence-corrected chi connectivity index (χ2v) is 22.3. The van der Waals surface area contributed by atoms with E-state index in [0.29, 0.717) is 51.5 Å². The Labute approximate surface area is 481 Å². The molecule has 0 atom stereocenters. The Kier molecular flexibility index (Phi) is 16.8. The molecule has 8 aromatic rings. The van der Waals surface area contributed by atoms with E-state index in [1.807, 2.05) is 73.7 Å². The van der Waals surface area contributed by atoms with E-state index in [1.165, 1.54) is 6.07 Å². The zero-order valence-corrected chi connectivity index (χ0v) is 46.8. The highest BCUT2D eigenvalue weighted by molar-refractivity contribution is 7.90. The molecular weight excluding hydrogens is 1100 g/mol. The van der Waals surface area contributed by atoms with Gasteiger partial charge in [0.1, 0.15) is 34.6 Å². The summed E-state index contributed by atoms with van der Waals surface area (Å²) in [4.78, 5) is 74.0. The van der Waals surface area contributed by atoms with Crippen molar-refractivity contribution >= 4 is 62.7 Å². The lowest BCUT2D eigenvalue weighted by atomic mass is 9.97. The van der Waals surface area contributed by atoms with Gasteiger partial charge < -0.3 is 31.5 Å². The number of carbonyl (C=O) groups is 4. The predicted molar refractivity (Wildman–Crippen MR) is 308 cm³/mol. The Morgan fingerprint density at radius 3 is 1.45 bits per heavy atom. The minimum absolute atomic E-state index is 0.0362. The first-order valence-corrected chi connectivity index (χ1v) is 28.6. The van der Waals surface area contributed by atoms with Crippen molar-refractivity contribution in [2.24, 2.45) is 0 Å². The van der Waals surface area contributed by atoms with Crippen molar-refractivity contribution < 1.29 is 45.2 Å². The molecular formula is C61H56F4N12O6S. The molecule has 5 heterocycles. The van der Waals surface area contributed by atoms with E-state index in [4.69, 9.17) is 4.98 Å². The molecule has 0 saturated carbocycles. The summed E-state index contributed by atoms with van der Waals surface area (Å²) in [5.74, 6) is -4.48. The largest absolute Gasteiger partial charge is 0.351 e. The number of nitrogens with zero attached hydrogens (tertiary/aromatic N) is 7. The van der Waals surface area contributed by atoms with Gasteiger partial charge in [-0.05, 0) is 118 Å². The number of aryl methyl sites for hydroxylation is 2. The van der Waals surface area contributed by atoms with Crippen LogP contribution in [0.2, 0.25) is 0 Å². The van der Waals surface area contributed by atoms with Crippen LogP contribution >= 0.6 is 0 Å². The van der Waals surface area contributed by atoms with E-state index < -0.39 is 61.7 Å². The highest BCUT2D eigenvalue weighted by atomic mass is 32.2. The number of rotatable bonds is 13. The first-order valence-electron chi connectivity index (χ1n) is 26.7. The predicted octanol–water partition coefficient (Wildman–Crippen LogP) is 9.95. The van der Waals surface area contributed by atoms with Crippen LogP contribution in [0.5, 0.6) is 0 Å². The molecule has 0 bridgehead atoms. The summed E-state index contributed by atoms with van der Waals surface area (Å²) in [6.45, 7) is 5.97. The quantitative estimate of drug-likeness (QED) is 0.0537. The zero-order chi connectivity index (χ0) is 59.4. The van der Waals surface area contributed by atoms with Crippen molar-refractivity contribution in [2.75, 3.05) is 41.5 Å². The van der Waals surface area contributed by atoms with Crippen molar-refractivity contribution in [3.63, 3.8) is 0 Å². The number of anilines is 5. The number of carbonyl (C=O) groups excluding carboxylic acids is 4. The standard InChI is InChI=1S/C33H33F2N7O2.C28H23F2N5O4S/c1-20-11-12-22(31(43)36-18-21-7-4-3-5-8-21)17-24(20)28-25-19-37-33(44)42(29-26(34)9-6-10-27(29)35)30(25)40-32(39-28)38-23-13-15-41(2)16-14-23;1-16-11-12-18(26(36)31-14-17-7-4-3-5-8-17)13-19(16)23-20-15-32-28(37)35(24-21(29)9-6-10-22(24)30)25(20)34-27(33-23)40(2,38)39/h3-12,17,23H,13-16,18-19H2,1-2H3,(H,36,43)(H,37,44)(H,38,39,40);3-13H,14-15H2,1-2H3,(H,31,36)(H,32,37). The molecule has 18 nitrogen and oxygen atoms in total. The molecule has 0 unspecified atom stereocenters. The number of likely N-dealkylation sites (tertiary alicyclic amines) is 1. The van der Waals surface area contributed by atoms with Gasteiger partial charge in [0.25, 0.3) is 11.8 Å². The third kappa shape index (κ3) is 12.4. The molecule has 430 valence electrons. The summed E-state index contributed by atoms with van der Waals surface area (Å²) in [6.07, 6.45) is 2.60. The Hall–Kier alpha value is -9.61. The van der Waals surface area contributed by atoms with Crippen LogP contribution < -0.4 is 36.4 Å². The molecule has 6 aromatic carbocycles. The molecule has 84 heavy (non-hydrogen) atoms. The van der Waals surface area contributed by atoms with Gasteiger partial charge in [0.15, 0.2) is 11.6 Å². The molecule has 0 spiro atoms. The number of piperidine rings is 1. The number of aromatic nitrogens is 4. The van der Waals surface area contributed by atoms with Crippen LogP contribution in [0.4, 0.5) is 56.1 Å². The maximum absolute atomic E-state index is 15.1. The lowest BCUT2D eigenvalue weighted by Crippen LogP contribution is -2.43. The van der Waals surface area contributed by atoms with E-state index >= 15 is 8.78 Å². The van der Waals surface area contributed by atoms with E-state index in [1.54, 1.807) is 37.3 Å². The summed E-state index contributed by atoms with van der Waals surface area (Å²) >= 11 is 0. The van der Waals surface area contributed by atoms with Crippen molar-refractivity contribution in [1.29, 1.82) is 0 Å². The maximum Gasteiger partial charge on any atom is 0.328 e. The molecule has 1 saturated heterocycles. The number of hydrogen-bond donors (Lipinski definition) is 5. The van der Waals surface area contributed by atoms with E-state index in [2.05, 4.69) is 53.5 Å². The molecule has 5 N–H and O–H groups in total. The van der Waals surface area contributed by atoms with Crippen LogP contribution in [0.15, 0.2) is 139 Å². The van der Waals surface area contributed by atoms with Gasteiger partial charge in [-0.3, -0.25) is 9.59 Å². The summed E-state index contributed by atoms with van der Waals surface area (Å²) in [7, 11) is -1.97. The topological polar surface area (TPSA) is 224 Å². The second-order valence-electron chi connectivity index (χ2n) is 20.4. The fourth-order valence-electron chi connectivity index (χ4n) is 9.93. The fraction of sp³-hybridized carbons (Fsp3) is 0.213. The highest BCUT2D eigenvalue weighted by Crippen LogP contribution is 2.41. The first-order chi connectivity index (χ1) is 40.3. The summed E-state index contributed by atoms with van der Waals surface area (Å²) in [6, 6.07) is 34.1. The van der Waals surface area contributed by atoms with Crippen LogP contribution in [-0.2, 0) is 36.0 Å². The number of hydrogen-bond acceptors (Lipinski definition) is 12. The van der Waals surface area contributed by atoms with Gasteiger partial charge in [0, 0.05) is 58.8 Å². The number of sulfone groups is 1. The van der Waals surface area contributed by atoms with Gasteiger partial charge in [-0.25, -0.2) is 55.3 Å². The van der Waals surface area contributed by atoms with Crippen LogP contribution in [0.25, 0.3) is 22.5 Å². The number of halogens is 4. The Bertz CT molecular complexity index is 3950. The molecule has 11 rings (SSSR count). The van der Waals surface area contributed by atoms with Crippen molar-refractivity contribution in [2.45, 2.75) is 64.1 Å². The molecule has 1 fully saturated rings. The van der Waals surface area contributed by atoms with Gasteiger partial charge in [0.2, 0.25) is 20.9 Å². The SMILES string of the molecule is Cc1ccc(C(=O)NCc2ccccc2)cc1-c1nc(NC2CCN(C)CC2)nc2c1CNC(=O)N2c1c(F)cccc1F.Cc1ccc(C(=O)NCc2ccccc2)cc1-c1nc(S(C)(=O)=O)nc2c1CNC(=O)N2c1c(F)cccc1F. The number of benzene rings is 6. The van der Waals surface area contributed by atoms with Gasteiger partial charge >= 0.3 is 12.1 Å². The molecule has 6 amide bonds. The average Bonchev–Trinajstić information content (AvgIpc) is 3.68. The minimum atomic E-state index is -4.04. The fourth-order valence-corrected chi connectivity index (χ4v) is 10.4. The summed E-state index contributed by atoms with van der Waals surface area (Å²) in [5.41, 5.74) is 5.11.